The molecular formula is C42H80O6. The Labute approximate surface area is 298 Å². The largest absolute Gasteiger partial charge is 0.462 e. The van der Waals surface area contributed by atoms with Gasteiger partial charge in [0.25, 0.3) is 0 Å². The highest BCUT2D eigenvalue weighted by molar-refractivity contribution is 5.71. The van der Waals surface area contributed by atoms with Crippen LogP contribution < -0.4 is 0 Å². The molecule has 284 valence electrons. The number of ether oxygens (including phenoxy) is 3. The van der Waals surface area contributed by atoms with Gasteiger partial charge in [-0.1, -0.05) is 194 Å². The van der Waals surface area contributed by atoms with Crippen molar-refractivity contribution in [3.05, 3.63) is 0 Å². The lowest BCUT2D eigenvalue weighted by Gasteiger charge is -2.18. The van der Waals surface area contributed by atoms with Crippen LogP contribution in [0.4, 0.5) is 0 Å². The Morgan fingerprint density at radius 3 is 0.833 bits per heavy atom. The van der Waals surface area contributed by atoms with Crippen molar-refractivity contribution in [2.75, 3.05) is 13.2 Å². The van der Waals surface area contributed by atoms with Gasteiger partial charge in [0, 0.05) is 19.3 Å². The van der Waals surface area contributed by atoms with Gasteiger partial charge in [-0.25, -0.2) is 0 Å². The molecule has 0 aliphatic carbocycles. The summed E-state index contributed by atoms with van der Waals surface area (Å²) in [5.74, 6) is -0.875. The molecule has 0 aromatic rings. The molecule has 0 unspecified atom stereocenters. The molecule has 0 radical (unpaired) electrons. The zero-order chi connectivity index (χ0) is 35.2. The summed E-state index contributed by atoms with van der Waals surface area (Å²) >= 11 is 0. The molecule has 0 aromatic heterocycles. The van der Waals surface area contributed by atoms with Crippen molar-refractivity contribution in [2.24, 2.45) is 0 Å². The summed E-state index contributed by atoms with van der Waals surface area (Å²) in [6.07, 6.45) is 36.9. The van der Waals surface area contributed by atoms with Crippen molar-refractivity contribution in [3.63, 3.8) is 0 Å². The van der Waals surface area contributed by atoms with Crippen molar-refractivity contribution in [1.82, 2.24) is 0 Å². The quantitative estimate of drug-likeness (QED) is 0.0367. The Balaban J connectivity index is 4.12. The van der Waals surface area contributed by atoms with Crippen LogP contribution in [0.5, 0.6) is 0 Å². The first-order valence-electron chi connectivity index (χ1n) is 21.0. The van der Waals surface area contributed by atoms with E-state index in [4.69, 9.17) is 14.2 Å². The van der Waals surface area contributed by atoms with Crippen molar-refractivity contribution < 1.29 is 28.6 Å². The maximum absolute atomic E-state index is 12.5. The van der Waals surface area contributed by atoms with Crippen molar-refractivity contribution in [2.45, 2.75) is 239 Å². The van der Waals surface area contributed by atoms with Gasteiger partial charge >= 0.3 is 17.9 Å². The third-order valence-electron chi connectivity index (χ3n) is 9.36. The highest BCUT2D eigenvalue weighted by Crippen LogP contribution is 2.15. The van der Waals surface area contributed by atoms with E-state index >= 15 is 0 Å². The first-order valence-corrected chi connectivity index (χ1v) is 21.0. The van der Waals surface area contributed by atoms with Gasteiger partial charge in [0.2, 0.25) is 0 Å². The second kappa shape index (κ2) is 38.2. The fraction of sp³-hybridized carbons (Fsp3) is 0.929. The van der Waals surface area contributed by atoms with Crippen LogP contribution in [0.25, 0.3) is 0 Å². The maximum atomic E-state index is 12.5. The highest BCUT2D eigenvalue weighted by atomic mass is 16.6. The zero-order valence-electron chi connectivity index (χ0n) is 32.3. The zero-order valence-corrected chi connectivity index (χ0v) is 32.3. The molecule has 0 saturated carbocycles. The van der Waals surface area contributed by atoms with E-state index in [1.165, 1.54) is 128 Å². The van der Waals surface area contributed by atoms with Crippen LogP contribution in [0.2, 0.25) is 0 Å². The number of rotatable bonds is 38. The minimum absolute atomic E-state index is 0.0649. The average Bonchev–Trinajstić information content (AvgIpc) is 3.08. The Hall–Kier alpha value is -1.59. The predicted molar refractivity (Wildman–Crippen MR) is 201 cm³/mol. The van der Waals surface area contributed by atoms with Gasteiger partial charge in [0.15, 0.2) is 6.10 Å². The molecule has 0 aromatic carbocycles. The van der Waals surface area contributed by atoms with E-state index in [-0.39, 0.29) is 31.1 Å². The number of hydrogen-bond acceptors (Lipinski definition) is 6. The number of unbranched alkanes of at least 4 members (excludes halogenated alkanes) is 27. The van der Waals surface area contributed by atoms with E-state index in [2.05, 4.69) is 20.8 Å². The van der Waals surface area contributed by atoms with Crippen molar-refractivity contribution >= 4 is 17.9 Å². The third-order valence-corrected chi connectivity index (χ3v) is 9.36. The fourth-order valence-corrected chi connectivity index (χ4v) is 6.15. The van der Waals surface area contributed by atoms with Crippen molar-refractivity contribution in [1.29, 1.82) is 0 Å². The van der Waals surface area contributed by atoms with Gasteiger partial charge in [-0.3, -0.25) is 14.4 Å². The topological polar surface area (TPSA) is 78.9 Å². The minimum atomic E-state index is -0.755. The van der Waals surface area contributed by atoms with E-state index in [0.29, 0.717) is 19.3 Å². The average molecular weight is 681 g/mol. The van der Waals surface area contributed by atoms with Crippen LogP contribution in [0.3, 0.4) is 0 Å². The molecule has 0 aliphatic heterocycles. The number of carbonyl (C=O) groups excluding carboxylic acids is 3. The molecule has 0 rings (SSSR count). The van der Waals surface area contributed by atoms with Crippen molar-refractivity contribution in [3.8, 4) is 0 Å². The summed E-state index contributed by atoms with van der Waals surface area (Å²) < 4.78 is 16.5. The SMILES string of the molecule is CCCCCCCCCCCCCCCCCCC(=O)OC[C@@H](COC(=O)CCCCCCCCCCC)OC(=O)CCCCCCC. The summed E-state index contributed by atoms with van der Waals surface area (Å²) in [4.78, 5) is 37.2. The first-order chi connectivity index (χ1) is 23.5. The van der Waals surface area contributed by atoms with Crippen LogP contribution in [0.1, 0.15) is 233 Å². The van der Waals surface area contributed by atoms with E-state index in [0.717, 1.165) is 64.2 Å². The lowest BCUT2D eigenvalue weighted by atomic mass is 10.0. The van der Waals surface area contributed by atoms with Gasteiger partial charge in [-0.15, -0.1) is 0 Å². The van der Waals surface area contributed by atoms with Gasteiger partial charge in [-0.05, 0) is 19.3 Å². The molecule has 0 heterocycles. The highest BCUT2D eigenvalue weighted by Gasteiger charge is 2.19. The first kappa shape index (κ1) is 46.4. The van der Waals surface area contributed by atoms with Crippen LogP contribution >= 0.6 is 0 Å². The Kier molecular flexibility index (Phi) is 36.9. The predicted octanol–water partition coefficient (Wildman–Crippen LogP) is 12.9. The van der Waals surface area contributed by atoms with Crippen LogP contribution in [-0.2, 0) is 28.6 Å². The molecule has 0 amide bonds. The maximum Gasteiger partial charge on any atom is 0.306 e. The number of esters is 3. The number of hydrogen-bond donors (Lipinski definition) is 0. The molecule has 1 atom stereocenters. The minimum Gasteiger partial charge on any atom is -0.462 e. The van der Waals surface area contributed by atoms with Crippen LogP contribution in [0.15, 0.2) is 0 Å². The standard InChI is InChI=1S/C42H80O6/c1-4-7-10-13-15-17-18-19-20-21-22-23-25-27-30-32-35-41(44)47-38-39(48-42(45)36-33-28-12-9-6-3)37-46-40(43)34-31-29-26-24-16-14-11-8-5-2/h39H,4-38H2,1-3H3/t39-/m1/s1. The van der Waals surface area contributed by atoms with E-state index in [9.17, 15) is 14.4 Å². The molecule has 0 spiro atoms. The molecule has 48 heavy (non-hydrogen) atoms. The fourth-order valence-electron chi connectivity index (χ4n) is 6.15. The third kappa shape index (κ3) is 35.7. The summed E-state index contributed by atoms with van der Waals surface area (Å²) in [6.45, 7) is 6.54. The lowest BCUT2D eigenvalue weighted by molar-refractivity contribution is -0.167. The molecule has 0 bridgehead atoms. The van der Waals surface area contributed by atoms with Gasteiger partial charge in [0.1, 0.15) is 13.2 Å². The summed E-state index contributed by atoms with van der Waals surface area (Å²) in [7, 11) is 0. The summed E-state index contributed by atoms with van der Waals surface area (Å²) in [6, 6.07) is 0. The van der Waals surface area contributed by atoms with E-state index < -0.39 is 6.10 Å². The number of carbonyl (C=O) groups is 3. The molecule has 6 nitrogen and oxygen atoms in total. The molecule has 0 fully saturated rings. The Morgan fingerprint density at radius 1 is 0.333 bits per heavy atom. The summed E-state index contributed by atoms with van der Waals surface area (Å²) in [5.41, 5.74) is 0. The summed E-state index contributed by atoms with van der Waals surface area (Å²) in [5, 5.41) is 0. The van der Waals surface area contributed by atoms with Crippen LogP contribution in [0, 0.1) is 0 Å². The molecular weight excluding hydrogens is 600 g/mol. The Bertz CT molecular complexity index is 708. The van der Waals surface area contributed by atoms with E-state index in [1.54, 1.807) is 0 Å². The van der Waals surface area contributed by atoms with Gasteiger partial charge in [-0.2, -0.15) is 0 Å². The molecule has 0 N–H and O–H groups in total. The second-order valence-corrected chi connectivity index (χ2v) is 14.3. The molecule has 0 aliphatic rings. The lowest BCUT2D eigenvalue weighted by Crippen LogP contribution is -2.30. The smallest absolute Gasteiger partial charge is 0.306 e. The van der Waals surface area contributed by atoms with E-state index in [1.807, 2.05) is 0 Å². The van der Waals surface area contributed by atoms with Crippen LogP contribution in [-0.4, -0.2) is 37.2 Å². The Morgan fingerprint density at radius 2 is 0.562 bits per heavy atom. The molecule has 0 saturated heterocycles. The van der Waals surface area contributed by atoms with Gasteiger partial charge < -0.3 is 14.2 Å². The molecule has 6 heteroatoms. The van der Waals surface area contributed by atoms with Gasteiger partial charge in [0.05, 0.1) is 0 Å². The normalized spacial score (nSPS) is 11.8. The monoisotopic (exact) mass is 681 g/mol. The second-order valence-electron chi connectivity index (χ2n) is 14.3.